The lowest BCUT2D eigenvalue weighted by Crippen LogP contribution is -2.56. The van der Waals surface area contributed by atoms with Crippen LogP contribution in [-0.4, -0.2) is 36.0 Å². The third-order valence-corrected chi connectivity index (χ3v) is 2.30. The quantitative estimate of drug-likeness (QED) is 0.541. The molecule has 1 saturated heterocycles. The van der Waals surface area contributed by atoms with Crippen molar-refractivity contribution in [1.82, 2.24) is 10.2 Å². The molecule has 1 aliphatic rings. The molecule has 72 valence electrons. The SMILES string of the molecule is CC#CC(=O)N1[C@H](C)CNC[C@@H]1C. The third-order valence-electron chi connectivity index (χ3n) is 2.30. The van der Waals surface area contributed by atoms with Crippen molar-refractivity contribution in [3.63, 3.8) is 0 Å². The van der Waals surface area contributed by atoms with Crippen molar-refractivity contribution in [2.24, 2.45) is 0 Å². The lowest BCUT2D eigenvalue weighted by atomic mass is 10.1. The van der Waals surface area contributed by atoms with Gasteiger partial charge in [0.05, 0.1) is 0 Å². The Morgan fingerprint density at radius 3 is 2.38 bits per heavy atom. The molecule has 3 nitrogen and oxygen atoms in total. The second kappa shape index (κ2) is 4.29. The van der Waals surface area contributed by atoms with E-state index in [4.69, 9.17) is 0 Å². The molecular weight excluding hydrogens is 164 g/mol. The number of rotatable bonds is 0. The number of hydrogen-bond donors (Lipinski definition) is 1. The number of piperazine rings is 1. The molecule has 0 saturated carbocycles. The Hall–Kier alpha value is -1.01. The number of amides is 1. The zero-order valence-electron chi connectivity index (χ0n) is 8.42. The maximum Gasteiger partial charge on any atom is 0.299 e. The first-order valence-corrected chi connectivity index (χ1v) is 4.62. The smallest absolute Gasteiger partial charge is 0.299 e. The van der Waals surface area contributed by atoms with E-state index in [-0.39, 0.29) is 18.0 Å². The number of nitrogens with one attached hydrogen (secondary N) is 1. The highest BCUT2D eigenvalue weighted by Crippen LogP contribution is 2.09. The summed E-state index contributed by atoms with van der Waals surface area (Å²) >= 11 is 0. The summed E-state index contributed by atoms with van der Waals surface area (Å²) in [5.74, 6) is 5.18. The van der Waals surface area contributed by atoms with Crippen LogP contribution in [0.25, 0.3) is 0 Å². The topological polar surface area (TPSA) is 32.3 Å². The van der Waals surface area contributed by atoms with Crippen LogP contribution in [0.5, 0.6) is 0 Å². The summed E-state index contributed by atoms with van der Waals surface area (Å²) in [6.07, 6.45) is 0. The van der Waals surface area contributed by atoms with Crippen LogP contribution < -0.4 is 5.32 Å². The Morgan fingerprint density at radius 2 is 1.92 bits per heavy atom. The lowest BCUT2D eigenvalue weighted by Gasteiger charge is -2.38. The minimum atomic E-state index is -0.0519. The zero-order chi connectivity index (χ0) is 9.84. The minimum Gasteiger partial charge on any atom is -0.324 e. The Kier molecular flexibility index (Phi) is 3.32. The molecule has 0 unspecified atom stereocenters. The minimum absolute atomic E-state index is 0.0519. The van der Waals surface area contributed by atoms with Gasteiger partial charge in [0.2, 0.25) is 0 Å². The molecule has 3 heteroatoms. The van der Waals surface area contributed by atoms with E-state index < -0.39 is 0 Å². The van der Waals surface area contributed by atoms with Gasteiger partial charge in [-0.1, -0.05) is 5.92 Å². The second-order valence-corrected chi connectivity index (χ2v) is 3.44. The van der Waals surface area contributed by atoms with Gasteiger partial charge in [0, 0.05) is 25.2 Å². The zero-order valence-corrected chi connectivity index (χ0v) is 8.42. The van der Waals surface area contributed by atoms with Crippen LogP contribution in [-0.2, 0) is 4.79 Å². The van der Waals surface area contributed by atoms with Crippen LogP contribution in [0.1, 0.15) is 20.8 Å². The standard InChI is InChI=1S/C10H16N2O/c1-4-5-10(13)12-8(2)6-11-7-9(12)3/h8-9,11H,6-7H2,1-3H3/t8-,9+. The van der Waals surface area contributed by atoms with Gasteiger partial charge in [-0.3, -0.25) is 4.79 Å². The summed E-state index contributed by atoms with van der Waals surface area (Å²) in [4.78, 5) is 13.4. The molecule has 1 aliphatic heterocycles. The van der Waals surface area contributed by atoms with E-state index >= 15 is 0 Å². The molecule has 0 bridgehead atoms. The molecule has 0 aromatic rings. The Bertz CT molecular complexity index is 241. The highest BCUT2D eigenvalue weighted by molar-refractivity contribution is 5.94. The van der Waals surface area contributed by atoms with Gasteiger partial charge in [-0.05, 0) is 26.7 Å². The van der Waals surface area contributed by atoms with E-state index in [0.29, 0.717) is 0 Å². The van der Waals surface area contributed by atoms with Crippen molar-refractivity contribution in [3.8, 4) is 11.8 Å². The molecule has 13 heavy (non-hydrogen) atoms. The van der Waals surface area contributed by atoms with Crippen LogP contribution >= 0.6 is 0 Å². The highest BCUT2D eigenvalue weighted by Gasteiger charge is 2.27. The monoisotopic (exact) mass is 180 g/mol. The summed E-state index contributed by atoms with van der Waals surface area (Å²) in [5, 5.41) is 3.27. The molecule has 1 fully saturated rings. The van der Waals surface area contributed by atoms with Gasteiger partial charge in [-0.15, -0.1) is 0 Å². The van der Waals surface area contributed by atoms with Crippen molar-refractivity contribution in [1.29, 1.82) is 0 Å². The normalized spacial score (nSPS) is 27.8. The summed E-state index contributed by atoms with van der Waals surface area (Å²) in [6.45, 7) is 7.49. The van der Waals surface area contributed by atoms with Gasteiger partial charge in [-0.2, -0.15) is 0 Å². The molecule has 0 spiro atoms. The van der Waals surface area contributed by atoms with Crippen LogP contribution in [0.4, 0.5) is 0 Å². The predicted molar refractivity (Wildman–Crippen MR) is 52.1 cm³/mol. The summed E-state index contributed by atoms with van der Waals surface area (Å²) < 4.78 is 0. The molecule has 1 rings (SSSR count). The van der Waals surface area contributed by atoms with Gasteiger partial charge < -0.3 is 10.2 Å². The predicted octanol–water partition coefficient (Wildman–Crippen LogP) is 0.218. The third kappa shape index (κ3) is 2.22. The molecule has 0 aromatic heterocycles. The van der Waals surface area contributed by atoms with E-state index in [1.54, 1.807) is 6.92 Å². The molecule has 0 radical (unpaired) electrons. The van der Waals surface area contributed by atoms with Crippen molar-refractivity contribution in [2.75, 3.05) is 13.1 Å². The molecule has 1 amide bonds. The number of carbonyl (C=O) groups excluding carboxylic acids is 1. The lowest BCUT2D eigenvalue weighted by molar-refractivity contribution is -0.130. The van der Waals surface area contributed by atoms with Crippen molar-refractivity contribution < 1.29 is 4.79 Å². The van der Waals surface area contributed by atoms with Crippen LogP contribution in [0.2, 0.25) is 0 Å². The maximum atomic E-state index is 11.5. The van der Waals surface area contributed by atoms with Crippen LogP contribution in [0.3, 0.4) is 0 Å². The van der Waals surface area contributed by atoms with Crippen molar-refractivity contribution in [2.45, 2.75) is 32.9 Å². The average molecular weight is 180 g/mol. The first-order chi connectivity index (χ1) is 6.16. The van der Waals surface area contributed by atoms with Gasteiger partial charge in [0.1, 0.15) is 0 Å². The van der Waals surface area contributed by atoms with E-state index in [1.165, 1.54) is 0 Å². The molecule has 2 atom stereocenters. The van der Waals surface area contributed by atoms with Crippen LogP contribution in [0.15, 0.2) is 0 Å². The molecular formula is C10H16N2O. The number of carbonyl (C=O) groups is 1. The first kappa shape index (κ1) is 10.1. The highest BCUT2D eigenvalue weighted by atomic mass is 16.2. The fourth-order valence-corrected chi connectivity index (χ4v) is 1.70. The fourth-order valence-electron chi connectivity index (χ4n) is 1.70. The Morgan fingerprint density at radius 1 is 1.38 bits per heavy atom. The maximum absolute atomic E-state index is 11.5. The first-order valence-electron chi connectivity index (χ1n) is 4.62. The molecule has 0 aliphatic carbocycles. The van der Waals surface area contributed by atoms with E-state index in [2.05, 4.69) is 17.2 Å². The molecule has 1 heterocycles. The fraction of sp³-hybridized carbons (Fsp3) is 0.700. The van der Waals surface area contributed by atoms with Crippen LogP contribution in [0, 0.1) is 11.8 Å². The summed E-state index contributed by atoms with van der Waals surface area (Å²) in [6, 6.07) is 0.495. The summed E-state index contributed by atoms with van der Waals surface area (Å²) in [5.41, 5.74) is 0. The second-order valence-electron chi connectivity index (χ2n) is 3.44. The Balaban J connectivity index is 2.71. The van der Waals surface area contributed by atoms with E-state index in [9.17, 15) is 4.79 Å². The van der Waals surface area contributed by atoms with Gasteiger partial charge in [-0.25, -0.2) is 0 Å². The summed E-state index contributed by atoms with van der Waals surface area (Å²) in [7, 11) is 0. The molecule has 1 N–H and O–H groups in total. The van der Waals surface area contributed by atoms with Gasteiger partial charge in [0.15, 0.2) is 0 Å². The van der Waals surface area contributed by atoms with Gasteiger partial charge >= 0.3 is 0 Å². The van der Waals surface area contributed by atoms with E-state index in [0.717, 1.165) is 13.1 Å². The van der Waals surface area contributed by atoms with E-state index in [1.807, 2.05) is 18.7 Å². The van der Waals surface area contributed by atoms with Crippen molar-refractivity contribution >= 4 is 5.91 Å². The average Bonchev–Trinajstić information content (AvgIpc) is 2.04. The number of hydrogen-bond acceptors (Lipinski definition) is 2. The van der Waals surface area contributed by atoms with Crippen molar-refractivity contribution in [3.05, 3.63) is 0 Å². The largest absolute Gasteiger partial charge is 0.324 e. The van der Waals surface area contributed by atoms with Gasteiger partial charge in [0.25, 0.3) is 5.91 Å². The molecule has 0 aromatic carbocycles. The number of nitrogens with zero attached hydrogens (tertiary/aromatic N) is 1. The Labute approximate surface area is 79.5 Å².